The van der Waals surface area contributed by atoms with E-state index in [0.29, 0.717) is 13.5 Å². The SMILES string of the molecule is C1=NCOC1c1ccc(C2C=NCO2)cc1. The van der Waals surface area contributed by atoms with Crippen molar-refractivity contribution in [2.24, 2.45) is 9.98 Å². The fourth-order valence-corrected chi connectivity index (χ4v) is 1.85. The third kappa shape index (κ3) is 1.77. The lowest BCUT2D eigenvalue weighted by Crippen LogP contribution is -2.02. The Kier molecular flexibility index (Phi) is 2.52. The van der Waals surface area contributed by atoms with E-state index >= 15 is 0 Å². The zero-order valence-electron chi connectivity index (χ0n) is 8.74. The number of benzene rings is 1. The molecule has 0 N–H and O–H groups in total. The van der Waals surface area contributed by atoms with Crippen LogP contribution in [0.25, 0.3) is 0 Å². The van der Waals surface area contributed by atoms with Gasteiger partial charge in [0.15, 0.2) is 0 Å². The van der Waals surface area contributed by atoms with Gasteiger partial charge < -0.3 is 9.47 Å². The van der Waals surface area contributed by atoms with E-state index in [1.54, 1.807) is 0 Å². The molecule has 0 aliphatic carbocycles. The Hall–Kier alpha value is -1.52. The molecule has 2 atom stereocenters. The van der Waals surface area contributed by atoms with Crippen LogP contribution in [0.2, 0.25) is 0 Å². The molecule has 1 aromatic carbocycles. The van der Waals surface area contributed by atoms with Gasteiger partial charge in [-0.3, -0.25) is 9.98 Å². The molecule has 2 aliphatic rings. The third-order valence-electron chi connectivity index (χ3n) is 2.73. The number of hydrogen-bond donors (Lipinski definition) is 0. The Bertz CT molecular complexity index is 384. The van der Waals surface area contributed by atoms with Gasteiger partial charge in [-0.1, -0.05) is 24.3 Å². The second kappa shape index (κ2) is 4.15. The second-order valence-electron chi connectivity index (χ2n) is 3.76. The largest absolute Gasteiger partial charge is 0.346 e. The minimum Gasteiger partial charge on any atom is -0.346 e. The van der Waals surface area contributed by atoms with Crippen LogP contribution in [0, 0.1) is 0 Å². The van der Waals surface area contributed by atoms with E-state index in [-0.39, 0.29) is 12.2 Å². The van der Waals surface area contributed by atoms with Gasteiger partial charge in [-0.15, -0.1) is 0 Å². The molecule has 4 heteroatoms. The first-order valence-corrected chi connectivity index (χ1v) is 5.26. The van der Waals surface area contributed by atoms with Crippen LogP contribution in [0.15, 0.2) is 34.3 Å². The molecule has 3 rings (SSSR count). The van der Waals surface area contributed by atoms with Crippen LogP contribution < -0.4 is 0 Å². The quantitative estimate of drug-likeness (QED) is 0.757. The van der Waals surface area contributed by atoms with E-state index in [4.69, 9.17) is 9.47 Å². The molecule has 2 heterocycles. The Balaban J connectivity index is 1.79. The first kappa shape index (κ1) is 9.69. The van der Waals surface area contributed by atoms with Crippen molar-refractivity contribution < 1.29 is 9.47 Å². The molecule has 0 spiro atoms. The van der Waals surface area contributed by atoms with Crippen molar-refractivity contribution in [3.8, 4) is 0 Å². The minimum absolute atomic E-state index is 0.00668. The minimum atomic E-state index is 0.00668. The average Bonchev–Trinajstić information content (AvgIpc) is 3.03. The molecule has 1 aromatic rings. The summed E-state index contributed by atoms with van der Waals surface area (Å²) < 4.78 is 10.8. The van der Waals surface area contributed by atoms with E-state index in [1.165, 1.54) is 0 Å². The van der Waals surface area contributed by atoms with Crippen LogP contribution in [0.3, 0.4) is 0 Å². The molecule has 0 fully saturated rings. The summed E-state index contributed by atoms with van der Waals surface area (Å²) in [6, 6.07) is 8.19. The zero-order valence-corrected chi connectivity index (χ0v) is 8.74. The van der Waals surface area contributed by atoms with Gasteiger partial charge in [0.05, 0.1) is 0 Å². The molecule has 0 amide bonds. The maximum atomic E-state index is 5.42. The predicted octanol–water partition coefficient (Wildman–Crippen LogP) is 1.89. The first-order chi connectivity index (χ1) is 7.93. The van der Waals surface area contributed by atoms with Gasteiger partial charge in [-0.05, 0) is 11.1 Å². The summed E-state index contributed by atoms with van der Waals surface area (Å²) in [6.45, 7) is 0.926. The number of nitrogens with zero attached hydrogens (tertiary/aromatic N) is 2. The lowest BCUT2D eigenvalue weighted by atomic mass is 10.0. The van der Waals surface area contributed by atoms with Crippen molar-refractivity contribution in [1.82, 2.24) is 0 Å². The molecule has 0 saturated carbocycles. The summed E-state index contributed by atoms with van der Waals surface area (Å²) in [5.41, 5.74) is 2.25. The van der Waals surface area contributed by atoms with Crippen LogP contribution in [0.4, 0.5) is 0 Å². The maximum absolute atomic E-state index is 5.42. The molecule has 2 unspecified atom stereocenters. The summed E-state index contributed by atoms with van der Waals surface area (Å²) in [6.07, 6.45) is 3.69. The van der Waals surface area contributed by atoms with Crippen LogP contribution in [0.1, 0.15) is 23.3 Å². The number of aliphatic imine (C=N–C) groups is 2. The van der Waals surface area contributed by atoms with Crippen molar-refractivity contribution >= 4 is 12.4 Å². The highest BCUT2D eigenvalue weighted by atomic mass is 16.5. The second-order valence-corrected chi connectivity index (χ2v) is 3.76. The normalized spacial score (nSPS) is 27.8. The summed E-state index contributed by atoms with van der Waals surface area (Å²) >= 11 is 0. The van der Waals surface area contributed by atoms with E-state index in [9.17, 15) is 0 Å². The molecule has 16 heavy (non-hydrogen) atoms. The molecule has 0 radical (unpaired) electrons. The van der Waals surface area contributed by atoms with E-state index < -0.39 is 0 Å². The fraction of sp³-hybridized carbons (Fsp3) is 0.333. The van der Waals surface area contributed by atoms with Gasteiger partial charge in [0.1, 0.15) is 25.7 Å². The molecule has 0 aromatic heterocycles. The van der Waals surface area contributed by atoms with Crippen molar-refractivity contribution in [2.75, 3.05) is 13.5 Å². The van der Waals surface area contributed by atoms with Gasteiger partial charge in [0, 0.05) is 12.4 Å². The maximum Gasteiger partial charge on any atom is 0.138 e. The lowest BCUT2D eigenvalue weighted by molar-refractivity contribution is 0.127. The molecular weight excluding hydrogens is 204 g/mol. The Morgan fingerprint density at radius 2 is 1.25 bits per heavy atom. The summed E-state index contributed by atoms with van der Waals surface area (Å²) in [4.78, 5) is 8.10. The van der Waals surface area contributed by atoms with E-state index in [1.807, 2.05) is 36.7 Å². The highest BCUT2D eigenvalue weighted by molar-refractivity contribution is 5.69. The van der Waals surface area contributed by atoms with Gasteiger partial charge in [0.2, 0.25) is 0 Å². The standard InChI is InChI=1S/C12H12N2O2/c1-2-10(12-6-14-8-16-12)4-3-9(1)11-5-13-7-15-11/h1-6,11-12H,7-8H2. The molecule has 0 bridgehead atoms. The van der Waals surface area contributed by atoms with Crippen molar-refractivity contribution in [2.45, 2.75) is 12.2 Å². The first-order valence-electron chi connectivity index (χ1n) is 5.26. The summed E-state index contributed by atoms with van der Waals surface area (Å²) in [5, 5.41) is 0. The van der Waals surface area contributed by atoms with E-state index in [0.717, 1.165) is 11.1 Å². The number of ether oxygens (including phenoxy) is 2. The van der Waals surface area contributed by atoms with Crippen LogP contribution in [-0.2, 0) is 9.47 Å². The molecule has 2 aliphatic heterocycles. The van der Waals surface area contributed by atoms with Crippen molar-refractivity contribution in [3.05, 3.63) is 35.4 Å². The topological polar surface area (TPSA) is 43.2 Å². The van der Waals surface area contributed by atoms with E-state index in [2.05, 4.69) is 9.98 Å². The molecule has 82 valence electrons. The Labute approximate surface area is 93.6 Å². The monoisotopic (exact) mass is 216 g/mol. The lowest BCUT2D eigenvalue weighted by Gasteiger charge is -2.10. The average molecular weight is 216 g/mol. The van der Waals surface area contributed by atoms with Crippen molar-refractivity contribution in [3.63, 3.8) is 0 Å². The van der Waals surface area contributed by atoms with Gasteiger partial charge >= 0.3 is 0 Å². The molecular formula is C12H12N2O2. The zero-order chi connectivity index (χ0) is 10.8. The third-order valence-corrected chi connectivity index (χ3v) is 2.73. The van der Waals surface area contributed by atoms with Gasteiger partial charge in [-0.2, -0.15) is 0 Å². The van der Waals surface area contributed by atoms with Crippen LogP contribution in [0.5, 0.6) is 0 Å². The van der Waals surface area contributed by atoms with Crippen LogP contribution in [-0.4, -0.2) is 25.9 Å². The predicted molar refractivity (Wildman–Crippen MR) is 60.8 cm³/mol. The van der Waals surface area contributed by atoms with Crippen molar-refractivity contribution in [1.29, 1.82) is 0 Å². The summed E-state index contributed by atoms with van der Waals surface area (Å²) in [7, 11) is 0. The van der Waals surface area contributed by atoms with Gasteiger partial charge in [0.25, 0.3) is 0 Å². The highest BCUT2D eigenvalue weighted by Crippen LogP contribution is 2.23. The number of hydrogen-bond acceptors (Lipinski definition) is 4. The number of rotatable bonds is 2. The smallest absolute Gasteiger partial charge is 0.138 e. The highest BCUT2D eigenvalue weighted by Gasteiger charge is 2.16. The van der Waals surface area contributed by atoms with Crippen LogP contribution >= 0.6 is 0 Å². The van der Waals surface area contributed by atoms with Gasteiger partial charge in [-0.25, -0.2) is 0 Å². The Morgan fingerprint density at radius 1 is 0.812 bits per heavy atom. The summed E-state index contributed by atoms with van der Waals surface area (Å²) in [5.74, 6) is 0. The Morgan fingerprint density at radius 3 is 1.56 bits per heavy atom. The molecule has 0 saturated heterocycles. The molecule has 4 nitrogen and oxygen atoms in total. The fourth-order valence-electron chi connectivity index (χ4n) is 1.85.